The molecule has 0 unspecified atom stereocenters. The Hall–Kier alpha value is -2.13. The van der Waals surface area contributed by atoms with Crippen LogP contribution in [-0.2, 0) is 11.2 Å². The van der Waals surface area contributed by atoms with Crippen molar-refractivity contribution in [3.8, 4) is 5.75 Å². The minimum absolute atomic E-state index is 0.118. The summed E-state index contributed by atoms with van der Waals surface area (Å²) in [6.45, 7) is 1.27. The number of benzene rings is 1. The maximum Gasteiger partial charge on any atom is 0.504 e. The number of nitrogens with zero attached hydrogens (tertiary/aromatic N) is 1. The molecule has 0 aliphatic heterocycles. The van der Waals surface area contributed by atoms with E-state index in [4.69, 9.17) is 20.5 Å². The first-order valence-electron chi connectivity index (χ1n) is 5.31. The van der Waals surface area contributed by atoms with E-state index in [2.05, 4.69) is 0 Å². The summed E-state index contributed by atoms with van der Waals surface area (Å²) >= 11 is 0. The molecule has 9 heteroatoms. The SMILES string of the molecule is C[C@](N)(Cc1ccc(OBO)cc1[N+](=O)[O-])C(=O)O. The molecule has 4 N–H and O–H groups in total. The third kappa shape index (κ3) is 3.67. The summed E-state index contributed by atoms with van der Waals surface area (Å²) in [7, 11) is -0.611. The first kappa shape index (κ1) is 14.9. The number of hydrogen-bond donors (Lipinski definition) is 3. The summed E-state index contributed by atoms with van der Waals surface area (Å²) in [5.41, 5.74) is 3.84. The van der Waals surface area contributed by atoms with Crippen molar-refractivity contribution in [2.45, 2.75) is 18.9 Å². The molecule has 1 aromatic rings. The lowest BCUT2D eigenvalue weighted by Crippen LogP contribution is -2.46. The first-order valence-corrected chi connectivity index (χ1v) is 5.31. The minimum atomic E-state index is -1.61. The second-order valence-electron chi connectivity index (χ2n) is 4.22. The molecule has 0 aliphatic carbocycles. The standard InChI is InChI=1S/C10H13BN2O6/c1-10(12,9(14)15)5-6-2-3-7(19-11-16)4-8(6)13(17)18/h2-4,11,16H,5,12H2,1H3,(H,14,15)/t10-/m0/s1. The fourth-order valence-electron chi connectivity index (χ4n) is 1.50. The topological polar surface area (TPSA) is 136 Å². The molecule has 0 saturated carbocycles. The van der Waals surface area contributed by atoms with Gasteiger partial charge in [0.2, 0.25) is 0 Å². The largest absolute Gasteiger partial charge is 0.539 e. The zero-order valence-electron chi connectivity index (χ0n) is 10.2. The fourth-order valence-corrected chi connectivity index (χ4v) is 1.50. The predicted molar refractivity (Wildman–Crippen MR) is 67.0 cm³/mol. The second kappa shape index (κ2) is 5.68. The number of carbonyl (C=O) groups is 1. The minimum Gasteiger partial charge on any atom is -0.539 e. The highest BCUT2D eigenvalue weighted by molar-refractivity contribution is 6.17. The van der Waals surface area contributed by atoms with Crippen molar-refractivity contribution in [2.24, 2.45) is 5.73 Å². The van der Waals surface area contributed by atoms with Crippen LogP contribution in [0.1, 0.15) is 12.5 Å². The molecule has 0 fully saturated rings. The number of nitro benzene ring substituents is 1. The van der Waals surface area contributed by atoms with Crippen molar-refractivity contribution >= 4 is 19.3 Å². The average Bonchev–Trinajstić information content (AvgIpc) is 2.30. The normalized spacial score (nSPS) is 13.4. The van der Waals surface area contributed by atoms with Gasteiger partial charge in [0.05, 0.1) is 11.0 Å². The smallest absolute Gasteiger partial charge is 0.504 e. The van der Waals surface area contributed by atoms with Crippen LogP contribution in [0.15, 0.2) is 18.2 Å². The van der Waals surface area contributed by atoms with Crippen LogP contribution in [0.4, 0.5) is 5.69 Å². The van der Waals surface area contributed by atoms with Gasteiger partial charge in [-0.25, -0.2) is 0 Å². The van der Waals surface area contributed by atoms with E-state index in [1.54, 1.807) is 0 Å². The maximum absolute atomic E-state index is 10.9. The van der Waals surface area contributed by atoms with Crippen molar-refractivity contribution in [3.05, 3.63) is 33.9 Å². The van der Waals surface area contributed by atoms with Gasteiger partial charge in [-0.3, -0.25) is 14.9 Å². The van der Waals surface area contributed by atoms with Crippen LogP contribution in [0.2, 0.25) is 0 Å². The molecule has 0 amide bonds. The third-order valence-electron chi connectivity index (χ3n) is 2.53. The molecule has 1 rings (SSSR count). The van der Waals surface area contributed by atoms with Crippen molar-refractivity contribution in [3.63, 3.8) is 0 Å². The van der Waals surface area contributed by atoms with E-state index >= 15 is 0 Å². The van der Waals surface area contributed by atoms with Crippen LogP contribution in [0.3, 0.4) is 0 Å². The highest BCUT2D eigenvalue weighted by Crippen LogP contribution is 2.27. The highest BCUT2D eigenvalue weighted by Gasteiger charge is 2.31. The Balaban J connectivity index is 3.14. The van der Waals surface area contributed by atoms with Crippen molar-refractivity contribution < 1.29 is 24.5 Å². The summed E-state index contributed by atoms with van der Waals surface area (Å²) in [6.07, 6.45) is -0.196. The predicted octanol–water partition coefficient (Wildman–Crippen LogP) is -0.423. The molecule has 0 aromatic heterocycles. The van der Waals surface area contributed by atoms with Crippen LogP contribution in [0.5, 0.6) is 5.75 Å². The number of aliphatic carboxylic acids is 1. The van der Waals surface area contributed by atoms with Gasteiger partial charge < -0.3 is 20.5 Å². The van der Waals surface area contributed by atoms with Gasteiger partial charge in [0.1, 0.15) is 11.3 Å². The third-order valence-corrected chi connectivity index (χ3v) is 2.53. The zero-order valence-corrected chi connectivity index (χ0v) is 10.2. The Morgan fingerprint density at radius 3 is 2.74 bits per heavy atom. The molecule has 0 radical (unpaired) electrons. The van der Waals surface area contributed by atoms with E-state index in [1.807, 2.05) is 0 Å². The van der Waals surface area contributed by atoms with Crippen molar-refractivity contribution in [1.29, 1.82) is 0 Å². The summed E-state index contributed by atoms with van der Waals surface area (Å²) in [6, 6.07) is 3.87. The van der Waals surface area contributed by atoms with Gasteiger partial charge in [-0.1, -0.05) is 0 Å². The Bertz CT molecular complexity index is 505. The Kier molecular flexibility index (Phi) is 4.46. The summed E-state index contributed by atoms with van der Waals surface area (Å²) in [5, 5.41) is 28.4. The monoisotopic (exact) mass is 268 g/mol. The summed E-state index contributed by atoms with van der Waals surface area (Å²) in [4.78, 5) is 21.2. The lowest BCUT2D eigenvalue weighted by atomic mass is 9.93. The van der Waals surface area contributed by atoms with E-state index in [-0.39, 0.29) is 23.4 Å². The van der Waals surface area contributed by atoms with Gasteiger partial charge in [0, 0.05) is 12.0 Å². The molecule has 8 nitrogen and oxygen atoms in total. The molecule has 19 heavy (non-hydrogen) atoms. The van der Waals surface area contributed by atoms with E-state index in [0.717, 1.165) is 6.07 Å². The van der Waals surface area contributed by atoms with E-state index in [1.165, 1.54) is 19.1 Å². The lowest BCUT2D eigenvalue weighted by Gasteiger charge is -2.19. The Morgan fingerprint density at radius 2 is 2.26 bits per heavy atom. The lowest BCUT2D eigenvalue weighted by molar-refractivity contribution is -0.385. The maximum atomic E-state index is 10.9. The number of nitrogens with two attached hydrogens (primary N) is 1. The molecule has 0 bridgehead atoms. The molecular weight excluding hydrogens is 255 g/mol. The highest BCUT2D eigenvalue weighted by atomic mass is 16.6. The molecule has 1 atom stereocenters. The zero-order chi connectivity index (χ0) is 14.6. The number of rotatable bonds is 6. The van der Waals surface area contributed by atoms with Gasteiger partial charge in [-0.05, 0) is 19.1 Å². The van der Waals surface area contributed by atoms with Gasteiger partial charge in [-0.2, -0.15) is 0 Å². The number of nitro groups is 1. The number of carboxylic acids is 1. The average molecular weight is 268 g/mol. The van der Waals surface area contributed by atoms with Crippen LogP contribution < -0.4 is 10.4 Å². The Morgan fingerprint density at radius 1 is 1.63 bits per heavy atom. The molecular formula is C10H13BN2O6. The molecule has 0 heterocycles. The van der Waals surface area contributed by atoms with E-state index in [0.29, 0.717) is 0 Å². The molecule has 1 aromatic carbocycles. The fraction of sp³-hybridized carbons (Fsp3) is 0.300. The molecule has 0 spiro atoms. The number of hydrogen-bond acceptors (Lipinski definition) is 6. The number of carboxylic acid groups (broad SMARTS) is 1. The Labute approximate surface area is 109 Å². The van der Waals surface area contributed by atoms with Crippen LogP contribution in [-0.4, -0.2) is 34.2 Å². The van der Waals surface area contributed by atoms with Crippen LogP contribution in [0.25, 0.3) is 0 Å². The summed E-state index contributed by atoms with van der Waals surface area (Å²) in [5.74, 6) is -1.13. The van der Waals surface area contributed by atoms with Gasteiger partial charge >= 0.3 is 13.7 Å². The van der Waals surface area contributed by atoms with E-state index in [9.17, 15) is 14.9 Å². The molecule has 102 valence electrons. The van der Waals surface area contributed by atoms with Gasteiger partial charge in [0.25, 0.3) is 5.69 Å². The van der Waals surface area contributed by atoms with Gasteiger partial charge in [0.15, 0.2) is 0 Å². The van der Waals surface area contributed by atoms with Gasteiger partial charge in [-0.15, -0.1) is 0 Å². The first-order chi connectivity index (χ1) is 8.77. The van der Waals surface area contributed by atoms with Crippen molar-refractivity contribution in [2.75, 3.05) is 0 Å². The molecule has 0 saturated heterocycles. The summed E-state index contributed by atoms with van der Waals surface area (Å²) < 4.78 is 4.73. The molecule has 0 aliphatic rings. The van der Waals surface area contributed by atoms with Crippen LogP contribution in [0, 0.1) is 10.1 Å². The van der Waals surface area contributed by atoms with Crippen LogP contribution >= 0.6 is 0 Å². The second-order valence-corrected chi connectivity index (χ2v) is 4.22. The quantitative estimate of drug-likeness (QED) is 0.362. The van der Waals surface area contributed by atoms with E-state index < -0.39 is 24.1 Å². The van der Waals surface area contributed by atoms with Crippen molar-refractivity contribution in [1.82, 2.24) is 0 Å².